The van der Waals surface area contributed by atoms with Crippen LogP contribution >= 0.6 is 11.3 Å². The van der Waals surface area contributed by atoms with Crippen molar-refractivity contribution in [2.24, 2.45) is 0 Å². The van der Waals surface area contributed by atoms with E-state index in [-0.39, 0.29) is 68.9 Å². The van der Waals surface area contributed by atoms with Crippen LogP contribution < -0.4 is 20.4 Å². The number of thiazole rings is 1. The van der Waals surface area contributed by atoms with Crippen molar-refractivity contribution in [3.8, 4) is 0 Å². The number of aromatic nitrogens is 1. The van der Waals surface area contributed by atoms with E-state index in [2.05, 4.69) is 15.6 Å². The molecule has 0 bridgehead atoms. The van der Waals surface area contributed by atoms with E-state index in [9.17, 15) is 19.2 Å². The number of cyclic esters (lactones) is 1. The van der Waals surface area contributed by atoms with Crippen LogP contribution in [0, 0.1) is 11.6 Å². The SMILES string of the molecule is CCOC(=O)NC[C@H]1CN(c2cc(F)c(N3CCN(C(=O)[C@H](C)NC(=O)c4cscn4)CC3)c(F)c2)C(=O)O1. The highest BCUT2D eigenvalue weighted by Gasteiger charge is 2.35. The van der Waals surface area contributed by atoms with E-state index in [1.54, 1.807) is 19.2 Å². The molecule has 0 radical (unpaired) electrons. The summed E-state index contributed by atoms with van der Waals surface area (Å²) in [7, 11) is 0. The van der Waals surface area contributed by atoms with E-state index in [0.29, 0.717) is 0 Å². The third-order valence-corrected chi connectivity index (χ3v) is 6.81. The quantitative estimate of drug-likeness (QED) is 0.496. The van der Waals surface area contributed by atoms with Gasteiger partial charge < -0.3 is 29.9 Å². The van der Waals surface area contributed by atoms with Gasteiger partial charge in [0.25, 0.3) is 5.91 Å². The predicted molar refractivity (Wildman–Crippen MR) is 137 cm³/mol. The summed E-state index contributed by atoms with van der Waals surface area (Å²) in [5.41, 5.74) is 1.47. The summed E-state index contributed by atoms with van der Waals surface area (Å²) < 4.78 is 40.1. The summed E-state index contributed by atoms with van der Waals surface area (Å²) in [6.45, 7) is 4.10. The van der Waals surface area contributed by atoms with Crippen molar-refractivity contribution in [1.29, 1.82) is 0 Å². The molecule has 3 heterocycles. The monoisotopic (exact) mass is 566 g/mol. The number of piperazine rings is 1. The molecule has 4 rings (SSSR count). The lowest BCUT2D eigenvalue weighted by Crippen LogP contribution is -2.54. The van der Waals surface area contributed by atoms with Gasteiger partial charge in [0, 0.05) is 43.7 Å². The molecule has 15 heteroatoms. The Labute approximate surface area is 226 Å². The maximum absolute atomic E-state index is 15.1. The van der Waals surface area contributed by atoms with Crippen LogP contribution in [0.3, 0.4) is 0 Å². The van der Waals surface area contributed by atoms with Gasteiger partial charge in [-0.3, -0.25) is 14.5 Å². The second kappa shape index (κ2) is 12.2. The molecule has 2 atom stereocenters. The largest absolute Gasteiger partial charge is 0.450 e. The van der Waals surface area contributed by atoms with Gasteiger partial charge in [-0.05, 0) is 13.8 Å². The van der Waals surface area contributed by atoms with Gasteiger partial charge in [0.05, 0.1) is 30.9 Å². The van der Waals surface area contributed by atoms with Crippen molar-refractivity contribution in [2.45, 2.75) is 26.0 Å². The summed E-state index contributed by atoms with van der Waals surface area (Å²) in [4.78, 5) is 56.7. The fourth-order valence-electron chi connectivity index (χ4n) is 4.31. The molecule has 2 aromatic rings. The summed E-state index contributed by atoms with van der Waals surface area (Å²) in [5.74, 6) is -2.50. The zero-order valence-electron chi connectivity index (χ0n) is 21.3. The molecular formula is C24H28F2N6O6S. The third-order valence-electron chi connectivity index (χ3n) is 6.23. The second-order valence-corrected chi connectivity index (χ2v) is 9.58. The van der Waals surface area contributed by atoms with Crippen LogP contribution in [0.2, 0.25) is 0 Å². The molecular weight excluding hydrogens is 538 g/mol. The number of nitrogens with one attached hydrogen (secondary N) is 2. The zero-order valence-corrected chi connectivity index (χ0v) is 22.1. The summed E-state index contributed by atoms with van der Waals surface area (Å²) in [6, 6.07) is 1.30. The molecule has 2 fully saturated rings. The topological polar surface area (TPSA) is 133 Å². The third kappa shape index (κ3) is 6.53. The smallest absolute Gasteiger partial charge is 0.414 e. The van der Waals surface area contributed by atoms with Crippen LogP contribution in [0.1, 0.15) is 24.3 Å². The number of halogens is 2. The van der Waals surface area contributed by atoms with E-state index < -0.39 is 41.9 Å². The number of carbonyl (C=O) groups excluding carboxylic acids is 4. The second-order valence-electron chi connectivity index (χ2n) is 8.86. The van der Waals surface area contributed by atoms with E-state index in [1.165, 1.54) is 26.6 Å². The molecule has 1 aromatic carbocycles. The van der Waals surface area contributed by atoms with Gasteiger partial charge in [-0.2, -0.15) is 0 Å². The van der Waals surface area contributed by atoms with E-state index in [0.717, 1.165) is 17.0 Å². The Kier molecular flexibility index (Phi) is 8.79. The Morgan fingerprint density at radius 1 is 1.21 bits per heavy atom. The molecule has 4 amide bonds. The molecule has 0 saturated carbocycles. The highest BCUT2D eigenvalue weighted by atomic mass is 32.1. The molecule has 2 saturated heterocycles. The number of alkyl carbamates (subject to hydrolysis) is 1. The minimum Gasteiger partial charge on any atom is -0.450 e. The van der Waals surface area contributed by atoms with Crippen LogP contribution in [-0.4, -0.2) is 91.9 Å². The van der Waals surface area contributed by atoms with Gasteiger partial charge in [-0.1, -0.05) is 0 Å². The molecule has 0 unspecified atom stereocenters. The molecule has 210 valence electrons. The van der Waals surface area contributed by atoms with Crippen molar-refractivity contribution >= 4 is 46.7 Å². The number of ether oxygens (including phenoxy) is 2. The van der Waals surface area contributed by atoms with E-state index >= 15 is 8.78 Å². The van der Waals surface area contributed by atoms with Gasteiger partial charge in [0.15, 0.2) is 11.6 Å². The average molecular weight is 567 g/mol. The number of rotatable bonds is 8. The molecule has 0 spiro atoms. The van der Waals surface area contributed by atoms with Crippen molar-refractivity contribution in [3.05, 3.63) is 40.4 Å². The maximum Gasteiger partial charge on any atom is 0.414 e. The predicted octanol–water partition coefficient (Wildman–Crippen LogP) is 1.96. The molecule has 2 N–H and O–H groups in total. The Bertz CT molecular complexity index is 1200. The number of anilines is 2. The van der Waals surface area contributed by atoms with Crippen LogP contribution in [0.5, 0.6) is 0 Å². The number of nitrogens with zero attached hydrogens (tertiary/aromatic N) is 4. The summed E-state index contributed by atoms with van der Waals surface area (Å²) in [6.07, 6.45) is -2.17. The number of amides is 4. The first kappa shape index (κ1) is 28.0. The Morgan fingerprint density at radius 3 is 2.51 bits per heavy atom. The van der Waals surface area contributed by atoms with Gasteiger partial charge in [0.1, 0.15) is 23.5 Å². The Balaban J connectivity index is 1.33. The minimum absolute atomic E-state index is 0.0125. The molecule has 0 aliphatic carbocycles. The molecule has 12 nitrogen and oxygen atoms in total. The highest BCUT2D eigenvalue weighted by molar-refractivity contribution is 7.07. The fraction of sp³-hybridized carbons (Fsp3) is 0.458. The Morgan fingerprint density at radius 2 is 1.90 bits per heavy atom. The lowest BCUT2D eigenvalue weighted by atomic mass is 10.1. The molecule has 1 aromatic heterocycles. The average Bonchev–Trinajstić information content (AvgIpc) is 3.57. The fourth-order valence-corrected chi connectivity index (χ4v) is 4.84. The van der Waals surface area contributed by atoms with Crippen LogP contribution in [0.25, 0.3) is 0 Å². The van der Waals surface area contributed by atoms with E-state index in [1.807, 2.05) is 0 Å². The maximum atomic E-state index is 15.1. The number of benzene rings is 1. The first-order chi connectivity index (χ1) is 18.7. The molecule has 2 aliphatic heterocycles. The Hall–Kier alpha value is -4.01. The van der Waals surface area contributed by atoms with Crippen LogP contribution in [0.15, 0.2) is 23.0 Å². The number of hydrogen-bond donors (Lipinski definition) is 2. The summed E-state index contributed by atoms with van der Waals surface area (Å²) in [5, 5.41) is 6.64. The standard InChI is InChI=1S/C24H28F2N6O6S/c1-3-37-23(35)27-10-16-11-32(24(36)38-16)15-8-17(25)20(18(26)9-15)30-4-6-31(7-5-30)22(34)14(2)29-21(33)19-12-39-13-28-19/h8-9,12-14,16H,3-7,10-11H2,1-2H3,(H,27,35)(H,29,33)/t14-,16-/m0/s1. The lowest BCUT2D eigenvalue weighted by Gasteiger charge is -2.37. The van der Waals surface area contributed by atoms with Gasteiger partial charge >= 0.3 is 12.2 Å². The highest BCUT2D eigenvalue weighted by Crippen LogP contribution is 2.31. The van der Waals surface area contributed by atoms with Gasteiger partial charge in [-0.15, -0.1) is 11.3 Å². The van der Waals surface area contributed by atoms with Gasteiger partial charge in [-0.25, -0.2) is 23.4 Å². The molecule has 39 heavy (non-hydrogen) atoms. The van der Waals surface area contributed by atoms with Crippen LogP contribution in [-0.2, 0) is 14.3 Å². The van der Waals surface area contributed by atoms with Gasteiger partial charge in [0.2, 0.25) is 5.91 Å². The van der Waals surface area contributed by atoms with Crippen molar-refractivity contribution < 1.29 is 37.4 Å². The normalized spacial score (nSPS) is 18.0. The van der Waals surface area contributed by atoms with Crippen molar-refractivity contribution in [1.82, 2.24) is 20.5 Å². The lowest BCUT2D eigenvalue weighted by molar-refractivity contribution is -0.133. The van der Waals surface area contributed by atoms with E-state index in [4.69, 9.17) is 9.47 Å². The first-order valence-corrected chi connectivity index (χ1v) is 13.2. The number of hydrogen-bond acceptors (Lipinski definition) is 9. The first-order valence-electron chi connectivity index (χ1n) is 12.3. The zero-order chi connectivity index (χ0) is 28.1. The van der Waals surface area contributed by atoms with Crippen molar-refractivity contribution in [3.63, 3.8) is 0 Å². The van der Waals surface area contributed by atoms with Crippen LogP contribution in [0.4, 0.5) is 29.7 Å². The molecule has 2 aliphatic rings. The summed E-state index contributed by atoms with van der Waals surface area (Å²) >= 11 is 1.27. The minimum atomic E-state index is -0.866. The van der Waals surface area contributed by atoms with Crippen molar-refractivity contribution in [2.75, 3.05) is 55.7 Å². The number of carbonyl (C=O) groups is 4.